The Morgan fingerprint density at radius 3 is 2.60 bits per heavy atom. The number of fused-ring (bicyclic) bond motifs is 1. The molecule has 0 N–H and O–H groups in total. The van der Waals surface area contributed by atoms with Crippen LogP contribution in [-0.2, 0) is 0 Å². The first-order valence-corrected chi connectivity index (χ1v) is 5.12. The van der Waals surface area contributed by atoms with Gasteiger partial charge in [0.05, 0.1) is 3.79 Å². The summed E-state index contributed by atoms with van der Waals surface area (Å²) in [5.74, 6) is 0. The van der Waals surface area contributed by atoms with Crippen LogP contribution < -0.4 is 4.78 Å². The van der Waals surface area contributed by atoms with E-state index in [-0.39, 0.29) is 0 Å². The Kier molecular flexibility index (Phi) is 1.63. The smallest absolute Gasteiger partial charge is 0.128 e. The third kappa shape index (κ3) is 1.04. The molecule has 2 aromatic heterocycles. The van der Waals surface area contributed by atoms with Gasteiger partial charge >= 0.3 is 0 Å². The highest BCUT2D eigenvalue weighted by Crippen LogP contribution is 2.31. The topological polar surface area (TPSA) is 0 Å². The highest BCUT2D eigenvalue weighted by Gasteiger charge is 2.00. The summed E-state index contributed by atoms with van der Waals surface area (Å²) in [6.07, 6.45) is 0. The molecule has 0 aliphatic heterocycles. The van der Waals surface area contributed by atoms with Crippen molar-refractivity contribution in [2.75, 3.05) is 0 Å². The Balaban J connectivity index is 2.83. The molecule has 0 spiro atoms. The van der Waals surface area contributed by atoms with Gasteiger partial charge in [0.2, 0.25) is 0 Å². The van der Waals surface area contributed by atoms with Gasteiger partial charge in [-0.3, -0.25) is 0 Å². The molecule has 0 nitrogen and oxygen atoms in total. The fraction of sp³-hybridized carbons (Fsp3) is 0. The van der Waals surface area contributed by atoms with E-state index in [2.05, 4.69) is 22.0 Å². The minimum atomic E-state index is 0.897. The fourth-order valence-electron chi connectivity index (χ4n) is 0.825. The minimum Gasteiger partial charge on any atom is -0.151 e. The zero-order valence-electron chi connectivity index (χ0n) is 4.93. The van der Waals surface area contributed by atoms with Crippen LogP contribution in [0.5, 0.6) is 0 Å². The molecule has 0 atom stereocenters. The second-order valence-electron chi connectivity index (χ2n) is 1.93. The SMILES string of the molecule is [B]c1cc2sc(Br)cc2s1. The van der Waals surface area contributed by atoms with Crippen molar-refractivity contribution < 1.29 is 0 Å². The Morgan fingerprint density at radius 1 is 1.20 bits per heavy atom. The maximum absolute atomic E-state index is 5.59. The predicted octanol–water partition coefficient (Wildman–Crippen LogP) is 2.52. The lowest BCUT2D eigenvalue weighted by molar-refractivity contribution is 2.13. The summed E-state index contributed by atoms with van der Waals surface area (Å²) in [7, 11) is 5.59. The maximum atomic E-state index is 5.59. The van der Waals surface area contributed by atoms with Crippen LogP contribution in [0.25, 0.3) is 9.40 Å². The Morgan fingerprint density at radius 2 is 1.90 bits per heavy atom. The highest BCUT2D eigenvalue weighted by molar-refractivity contribution is 9.11. The van der Waals surface area contributed by atoms with Crippen LogP contribution in [0, 0.1) is 0 Å². The monoisotopic (exact) mass is 228 g/mol. The summed E-state index contributed by atoms with van der Waals surface area (Å²) in [4.78, 5) is 0. The van der Waals surface area contributed by atoms with Crippen LogP contribution in [0.2, 0.25) is 0 Å². The quantitative estimate of drug-likeness (QED) is 0.609. The fourth-order valence-corrected chi connectivity index (χ4v) is 3.63. The molecular weight excluding hydrogens is 227 g/mol. The Hall–Kier alpha value is 0.205. The lowest BCUT2D eigenvalue weighted by Crippen LogP contribution is -1.88. The summed E-state index contributed by atoms with van der Waals surface area (Å²) in [5, 5.41) is 0. The molecule has 10 heavy (non-hydrogen) atoms. The number of halogens is 1. The zero-order valence-corrected chi connectivity index (χ0v) is 8.15. The van der Waals surface area contributed by atoms with Gasteiger partial charge in [-0.25, -0.2) is 0 Å². The van der Waals surface area contributed by atoms with Crippen molar-refractivity contribution in [1.29, 1.82) is 0 Å². The van der Waals surface area contributed by atoms with Gasteiger partial charge in [-0.05, 0) is 32.8 Å². The van der Waals surface area contributed by atoms with Gasteiger partial charge < -0.3 is 0 Å². The van der Waals surface area contributed by atoms with E-state index in [0.29, 0.717) is 0 Å². The molecule has 0 bridgehead atoms. The molecule has 0 aliphatic rings. The van der Waals surface area contributed by atoms with Gasteiger partial charge in [0.1, 0.15) is 7.85 Å². The van der Waals surface area contributed by atoms with E-state index < -0.39 is 0 Å². The Bertz CT molecular complexity index is 300. The molecule has 0 unspecified atom stereocenters. The summed E-state index contributed by atoms with van der Waals surface area (Å²) in [6, 6.07) is 4.11. The first kappa shape index (κ1) is 6.89. The highest BCUT2D eigenvalue weighted by atomic mass is 79.9. The first-order valence-electron chi connectivity index (χ1n) is 2.70. The van der Waals surface area contributed by atoms with E-state index in [9.17, 15) is 0 Å². The molecule has 48 valence electrons. The van der Waals surface area contributed by atoms with Gasteiger partial charge in [-0.1, -0.05) is 0 Å². The van der Waals surface area contributed by atoms with Gasteiger partial charge in [-0.2, -0.15) is 11.3 Å². The molecule has 0 saturated heterocycles. The average Bonchev–Trinajstić information content (AvgIpc) is 2.21. The molecule has 0 fully saturated rings. The van der Waals surface area contributed by atoms with Gasteiger partial charge in [0.25, 0.3) is 0 Å². The zero-order chi connectivity index (χ0) is 7.14. The normalized spacial score (nSPS) is 10.9. The van der Waals surface area contributed by atoms with Crippen molar-refractivity contribution in [2.24, 2.45) is 0 Å². The van der Waals surface area contributed by atoms with Gasteiger partial charge in [0, 0.05) is 9.40 Å². The van der Waals surface area contributed by atoms with Crippen molar-refractivity contribution in [3.63, 3.8) is 0 Å². The van der Waals surface area contributed by atoms with Crippen LogP contribution in [0.4, 0.5) is 0 Å². The molecule has 0 amide bonds. The summed E-state index contributed by atoms with van der Waals surface area (Å²) >= 11 is 6.76. The number of hydrogen-bond donors (Lipinski definition) is 0. The van der Waals surface area contributed by atoms with E-state index >= 15 is 0 Å². The molecular formula is C6H2BBrS2. The standard InChI is InChI=1S/C6H2BBrS2/c7-5-1-3-4(9-5)2-6(8)10-3/h1-2H. The predicted molar refractivity (Wildman–Crippen MR) is 52.8 cm³/mol. The Labute approximate surface area is 76.4 Å². The van der Waals surface area contributed by atoms with E-state index in [4.69, 9.17) is 7.85 Å². The van der Waals surface area contributed by atoms with Crippen LogP contribution in [-0.4, -0.2) is 7.85 Å². The third-order valence-corrected chi connectivity index (χ3v) is 3.82. The molecule has 0 aliphatic carbocycles. The third-order valence-electron chi connectivity index (χ3n) is 1.20. The van der Waals surface area contributed by atoms with Crippen LogP contribution in [0.3, 0.4) is 0 Å². The summed E-state index contributed by atoms with van der Waals surface area (Å²) < 4.78 is 4.62. The van der Waals surface area contributed by atoms with Crippen molar-refractivity contribution in [1.82, 2.24) is 0 Å². The van der Waals surface area contributed by atoms with Gasteiger partial charge in [-0.15, -0.1) is 11.3 Å². The van der Waals surface area contributed by atoms with Crippen molar-refractivity contribution in [3.8, 4) is 0 Å². The van der Waals surface area contributed by atoms with E-state index in [0.717, 1.165) is 4.78 Å². The van der Waals surface area contributed by atoms with E-state index in [1.54, 1.807) is 22.7 Å². The number of thiophene rings is 2. The average molecular weight is 229 g/mol. The lowest BCUT2D eigenvalue weighted by Gasteiger charge is -1.73. The molecule has 0 aromatic carbocycles. The van der Waals surface area contributed by atoms with Crippen LogP contribution >= 0.6 is 38.6 Å². The van der Waals surface area contributed by atoms with Gasteiger partial charge in [0.15, 0.2) is 0 Å². The van der Waals surface area contributed by atoms with Crippen LogP contribution in [0.15, 0.2) is 15.9 Å². The molecule has 2 radical (unpaired) electrons. The minimum absolute atomic E-state index is 0.897. The molecule has 2 aromatic rings. The second-order valence-corrected chi connectivity index (χ2v) is 5.51. The first-order chi connectivity index (χ1) is 4.75. The van der Waals surface area contributed by atoms with Crippen molar-refractivity contribution in [2.45, 2.75) is 0 Å². The lowest BCUT2D eigenvalue weighted by atomic mass is 10.1. The molecule has 4 heteroatoms. The van der Waals surface area contributed by atoms with Crippen LogP contribution in [0.1, 0.15) is 0 Å². The molecule has 2 rings (SSSR count). The number of hydrogen-bond acceptors (Lipinski definition) is 2. The largest absolute Gasteiger partial charge is 0.151 e. The van der Waals surface area contributed by atoms with Crippen molar-refractivity contribution in [3.05, 3.63) is 15.9 Å². The van der Waals surface area contributed by atoms with Crippen molar-refractivity contribution >= 4 is 60.6 Å². The summed E-state index contributed by atoms with van der Waals surface area (Å²) in [6.45, 7) is 0. The second kappa shape index (κ2) is 2.36. The summed E-state index contributed by atoms with van der Waals surface area (Å²) in [5.41, 5.74) is 0. The number of rotatable bonds is 0. The maximum Gasteiger partial charge on any atom is 0.128 e. The van der Waals surface area contributed by atoms with E-state index in [1.165, 1.54) is 13.2 Å². The molecule has 0 saturated carbocycles. The molecule has 2 heterocycles. The van der Waals surface area contributed by atoms with E-state index in [1.807, 2.05) is 6.07 Å².